The number of carbonyl (C=O) groups is 1. The van der Waals surface area contributed by atoms with Gasteiger partial charge >= 0.3 is 0 Å². The van der Waals surface area contributed by atoms with Crippen LogP contribution in [0.3, 0.4) is 0 Å². The molecule has 1 fully saturated rings. The normalized spacial score (nSPS) is 34.1. The minimum atomic E-state index is 0.123. The number of carbonyl (C=O) groups excluding carboxylic acids is 1. The Morgan fingerprint density at radius 1 is 1.42 bits per heavy atom. The van der Waals surface area contributed by atoms with Crippen molar-refractivity contribution in [3.63, 3.8) is 0 Å². The van der Waals surface area contributed by atoms with Gasteiger partial charge in [0.1, 0.15) is 5.78 Å². The van der Waals surface area contributed by atoms with Crippen LogP contribution in [0.25, 0.3) is 0 Å². The molecule has 2 N–H and O–H groups in total. The minimum absolute atomic E-state index is 0.123. The second-order valence-electron chi connectivity index (χ2n) is 4.00. The number of ketones is 1. The Bertz CT molecular complexity index is 218. The molecule has 0 aromatic rings. The van der Waals surface area contributed by atoms with Gasteiger partial charge in [-0.05, 0) is 25.2 Å². The van der Waals surface area contributed by atoms with Crippen LogP contribution in [-0.4, -0.2) is 11.8 Å². The second kappa shape index (κ2) is 3.02. The first-order valence-electron chi connectivity index (χ1n) is 4.72. The molecule has 0 aromatic heterocycles. The molecule has 0 radical (unpaired) electrons. The van der Waals surface area contributed by atoms with Gasteiger partial charge in [0.15, 0.2) is 0 Å². The van der Waals surface area contributed by atoms with E-state index in [1.54, 1.807) is 0 Å². The molecule has 1 saturated carbocycles. The smallest absolute Gasteiger partial charge is 0.140 e. The highest BCUT2D eigenvalue weighted by molar-refractivity contribution is 5.83. The molecule has 66 valence electrons. The number of Topliss-reactive ketones (excluding diaryl/α,β-unsaturated/α-hetero) is 1. The second-order valence-corrected chi connectivity index (χ2v) is 4.00. The van der Waals surface area contributed by atoms with E-state index < -0.39 is 0 Å². The average Bonchev–Trinajstić information content (AvgIpc) is 2.72. The van der Waals surface area contributed by atoms with Crippen LogP contribution in [0.2, 0.25) is 0 Å². The Kier molecular flexibility index (Phi) is 2.01. The lowest BCUT2D eigenvalue weighted by Crippen LogP contribution is -2.19. The van der Waals surface area contributed by atoms with E-state index in [1.165, 1.54) is 12.8 Å². The monoisotopic (exact) mass is 165 g/mol. The van der Waals surface area contributed by atoms with Crippen LogP contribution in [0.5, 0.6) is 0 Å². The lowest BCUT2D eigenvalue weighted by atomic mass is 9.98. The van der Waals surface area contributed by atoms with Gasteiger partial charge in [0, 0.05) is 18.4 Å². The Labute approximate surface area is 72.8 Å². The van der Waals surface area contributed by atoms with Crippen molar-refractivity contribution in [1.82, 2.24) is 0 Å². The van der Waals surface area contributed by atoms with E-state index >= 15 is 0 Å². The van der Waals surface area contributed by atoms with E-state index in [9.17, 15) is 4.79 Å². The van der Waals surface area contributed by atoms with Crippen molar-refractivity contribution in [2.24, 2.45) is 17.6 Å². The van der Waals surface area contributed by atoms with Gasteiger partial charge in [0.05, 0.1) is 0 Å². The number of rotatable bonds is 3. The molecular formula is C10H15NO. The van der Waals surface area contributed by atoms with Crippen LogP contribution in [0, 0.1) is 11.8 Å². The number of hydrogen-bond donors (Lipinski definition) is 1. The van der Waals surface area contributed by atoms with Crippen LogP contribution in [0.1, 0.15) is 25.7 Å². The summed E-state index contributed by atoms with van der Waals surface area (Å²) < 4.78 is 0. The van der Waals surface area contributed by atoms with Gasteiger partial charge in [-0.25, -0.2) is 0 Å². The standard InChI is InChI=1S/C10H15NO/c11-9-4-3-8(6-9)10(12)5-7-1-2-7/h3-4,7-9H,1-2,5-6,11H2. The van der Waals surface area contributed by atoms with Crippen molar-refractivity contribution in [2.45, 2.75) is 31.7 Å². The summed E-state index contributed by atoms with van der Waals surface area (Å²) in [7, 11) is 0. The summed E-state index contributed by atoms with van der Waals surface area (Å²) >= 11 is 0. The summed E-state index contributed by atoms with van der Waals surface area (Å²) in [5.74, 6) is 1.25. The zero-order valence-electron chi connectivity index (χ0n) is 7.20. The summed E-state index contributed by atoms with van der Waals surface area (Å²) in [5.41, 5.74) is 5.67. The van der Waals surface area contributed by atoms with E-state index in [0.29, 0.717) is 11.7 Å². The Morgan fingerprint density at radius 2 is 2.17 bits per heavy atom. The molecule has 2 nitrogen and oxygen atoms in total. The molecule has 0 heterocycles. The van der Waals surface area contributed by atoms with Crippen molar-refractivity contribution in [1.29, 1.82) is 0 Å². The fourth-order valence-corrected chi connectivity index (χ4v) is 1.72. The molecule has 0 aliphatic heterocycles. The van der Waals surface area contributed by atoms with Crippen molar-refractivity contribution in [3.8, 4) is 0 Å². The lowest BCUT2D eigenvalue weighted by molar-refractivity contribution is -0.121. The third-order valence-electron chi connectivity index (χ3n) is 2.72. The van der Waals surface area contributed by atoms with E-state index in [2.05, 4.69) is 0 Å². The van der Waals surface area contributed by atoms with Gasteiger partial charge in [-0.2, -0.15) is 0 Å². The SMILES string of the molecule is NC1C=CC(C(=O)CC2CC2)C1. The van der Waals surface area contributed by atoms with Crippen LogP contribution in [0.15, 0.2) is 12.2 Å². The molecular weight excluding hydrogens is 150 g/mol. The first kappa shape index (κ1) is 7.99. The Hall–Kier alpha value is -0.630. The third-order valence-corrected chi connectivity index (χ3v) is 2.72. The number of allylic oxidation sites excluding steroid dienone is 1. The fourth-order valence-electron chi connectivity index (χ4n) is 1.72. The van der Waals surface area contributed by atoms with Gasteiger partial charge in [-0.1, -0.05) is 12.2 Å². The van der Waals surface area contributed by atoms with Gasteiger partial charge in [0.2, 0.25) is 0 Å². The first-order valence-corrected chi connectivity index (χ1v) is 4.72. The van der Waals surface area contributed by atoms with Crippen molar-refractivity contribution in [2.75, 3.05) is 0 Å². The summed E-state index contributed by atoms with van der Waals surface area (Å²) in [5, 5.41) is 0. The van der Waals surface area contributed by atoms with Crippen molar-refractivity contribution >= 4 is 5.78 Å². The average molecular weight is 165 g/mol. The van der Waals surface area contributed by atoms with Crippen molar-refractivity contribution < 1.29 is 4.79 Å². The zero-order valence-corrected chi connectivity index (χ0v) is 7.20. The fraction of sp³-hybridized carbons (Fsp3) is 0.700. The molecule has 12 heavy (non-hydrogen) atoms. The molecule has 0 aromatic carbocycles. The summed E-state index contributed by atoms with van der Waals surface area (Å²) in [6.45, 7) is 0. The Balaban J connectivity index is 1.83. The van der Waals surface area contributed by atoms with Crippen LogP contribution < -0.4 is 5.73 Å². The molecule has 0 bridgehead atoms. The van der Waals surface area contributed by atoms with Gasteiger partial charge in [-0.15, -0.1) is 0 Å². The minimum Gasteiger partial charge on any atom is -0.324 e. The lowest BCUT2D eigenvalue weighted by Gasteiger charge is -2.06. The maximum atomic E-state index is 11.5. The van der Waals surface area contributed by atoms with E-state index in [0.717, 1.165) is 12.8 Å². The quantitative estimate of drug-likeness (QED) is 0.640. The predicted octanol–water partition coefficient (Wildman–Crippen LogP) is 1.26. The number of nitrogens with two attached hydrogens (primary N) is 1. The molecule has 2 aliphatic carbocycles. The molecule has 0 saturated heterocycles. The molecule has 0 amide bonds. The molecule has 2 rings (SSSR count). The van der Waals surface area contributed by atoms with E-state index in [1.807, 2.05) is 12.2 Å². The molecule has 0 spiro atoms. The topological polar surface area (TPSA) is 43.1 Å². The molecule has 2 heteroatoms. The molecule has 2 atom stereocenters. The highest BCUT2D eigenvalue weighted by Gasteiger charge is 2.29. The van der Waals surface area contributed by atoms with Crippen LogP contribution >= 0.6 is 0 Å². The highest BCUT2D eigenvalue weighted by Crippen LogP contribution is 2.34. The van der Waals surface area contributed by atoms with E-state index in [4.69, 9.17) is 5.73 Å². The van der Waals surface area contributed by atoms with E-state index in [-0.39, 0.29) is 12.0 Å². The zero-order chi connectivity index (χ0) is 8.55. The highest BCUT2D eigenvalue weighted by atomic mass is 16.1. The predicted molar refractivity (Wildman–Crippen MR) is 47.6 cm³/mol. The first-order chi connectivity index (χ1) is 5.75. The largest absolute Gasteiger partial charge is 0.324 e. The maximum absolute atomic E-state index is 11.5. The Morgan fingerprint density at radius 3 is 2.67 bits per heavy atom. The van der Waals surface area contributed by atoms with Crippen LogP contribution in [-0.2, 0) is 4.79 Å². The third kappa shape index (κ3) is 1.75. The molecule has 2 aliphatic rings. The van der Waals surface area contributed by atoms with Gasteiger partial charge in [0.25, 0.3) is 0 Å². The summed E-state index contributed by atoms with van der Waals surface area (Å²) in [6, 6.07) is 0.123. The maximum Gasteiger partial charge on any atom is 0.140 e. The van der Waals surface area contributed by atoms with Gasteiger partial charge < -0.3 is 5.73 Å². The summed E-state index contributed by atoms with van der Waals surface area (Å²) in [4.78, 5) is 11.5. The number of hydrogen-bond acceptors (Lipinski definition) is 2. The summed E-state index contributed by atoms with van der Waals surface area (Å²) in [6.07, 6.45) is 8.08. The van der Waals surface area contributed by atoms with Crippen LogP contribution in [0.4, 0.5) is 0 Å². The molecule has 2 unspecified atom stereocenters. The van der Waals surface area contributed by atoms with Gasteiger partial charge in [-0.3, -0.25) is 4.79 Å². The van der Waals surface area contributed by atoms with Crippen molar-refractivity contribution in [3.05, 3.63) is 12.2 Å².